The predicted molar refractivity (Wildman–Crippen MR) is 225 cm³/mol. The minimum atomic E-state index is 0.700. The van der Waals surface area contributed by atoms with E-state index in [1.807, 2.05) is 24.3 Å². The standard InChI is InChI=1S/C50H32N4/c1-4-16-33(17-5-1)43-32-44(52-50(51-43)34-18-6-2-7-19-34)48-38-23-11-10-20-35(38)30-42-40-25-13-15-27-46(40)54(49(42)48)37-28-29-47-41(31-37)39-24-12-14-26-45(39)53(47)36-21-8-3-9-22-36/h1-32H. The van der Waals surface area contributed by atoms with Crippen LogP contribution in [0.15, 0.2) is 194 Å². The number of nitrogens with zero attached hydrogens (tertiary/aromatic N) is 4. The van der Waals surface area contributed by atoms with Crippen molar-refractivity contribution in [3.63, 3.8) is 0 Å². The zero-order chi connectivity index (χ0) is 35.6. The Hall–Kier alpha value is -7.30. The van der Waals surface area contributed by atoms with Crippen LogP contribution < -0.4 is 0 Å². The van der Waals surface area contributed by atoms with Crippen LogP contribution in [0.4, 0.5) is 0 Å². The molecule has 0 amide bonds. The first kappa shape index (κ1) is 30.3. The van der Waals surface area contributed by atoms with Gasteiger partial charge in [0, 0.05) is 49.6 Å². The highest BCUT2D eigenvalue weighted by molar-refractivity contribution is 6.21. The van der Waals surface area contributed by atoms with Crippen molar-refractivity contribution in [3.8, 4) is 45.3 Å². The Bertz CT molecular complexity index is 3140. The smallest absolute Gasteiger partial charge is 0.160 e. The lowest BCUT2D eigenvalue weighted by molar-refractivity contribution is 1.16. The van der Waals surface area contributed by atoms with Gasteiger partial charge in [0.15, 0.2) is 5.82 Å². The fraction of sp³-hybridized carbons (Fsp3) is 0. The third kappa shape index (κ3) is 4.70. The summed E-state index contributed by atoms with van der Waals surface area (Å²) in [5.74, 6) is 0.700. The molecule has 4 nitrogen and oxygen atoms in total. The summed E-state index contributed by atoms with van der Waals surface area (Å²) in [4.78, 5) is 10.6. The maximum atomic E-state index is 5.40. The summed E-state index contributed by atoms with van der Waals surface area (Å²) in [6, 6.07) is 69.0. The normalized spacial score (nSPS) is 11.7. The summed E-state index contributed by atoms with van der Waals surface area (Å²) in [6.07, 6.45) is 0. The van der Waals surface area contributed by atoms with E-state index in [0.29, 0.717) is 5.82 Å². The fourth-order valence-corrected chi connectivity index (χ4v) is 8.32. The highest BCUT2D eigenvalue weighted by Crippen LogP contribution is 2.44. The van der Waals surface area contributed by atoms with E-state index in [9.17, 15) is 0 Å². The van der Waals surface area contributed by atoms with Gasteiger partial charge >= 0.3 is 0 Å². The summed E-state index contributed by atoms with van der Waals surface area (Å²) in [6.45, 7) is 0. The molecule has 3 aromatic heterocycles. The molecule has 0 bridgehead atoms. The van der Waals surface area contributed by atoms with Gasteiger partial charge in [0.1, 0.15) is 0 Å². The van der Waals surface area contributed by atoms with Gasteiger partial charge in [0.05, 0.1) is 33.5 Å². The van der Waals surface area contributed by atoms with Crippen molar-refractivity contribution in [1.82, 2.24) is 19.1 Å². The van der Waals surface area contributed by atoms with E-state index < -0.39 is 0 Å². The summed E-state index contributed by atoms with van der Waals surface area (Å²) < 4.78 is 4.82. The SMILES string of the molecule is c1ccc(-c2cc(-c3c4ccccc4cc4c5ccccc5n(-c5ccc6c(c5)c5ccccc5n6-c5ccccc5)c34)nc(-c3ccccc3)n2)cc1. The van der Waals surface area contributed by atoms with Crippen LogP contribution in [0.3, 0.4) is 0 Å². The fourth-order valence-electron chi connectivity index (χ4n) is 8.32. The molecule has 4 heteroatoms. The third-order valence-corrected chi connectivity index (χ3v) is 10.7. The number of aromatic nitrogens is 4. The molecule has 0 radical (unpaired) electrons. The van der Waals surface area contributed by atoms with Crippen LogP contribution in [0.1, 0.15) is 0 Å². The maximum Gasteiger partial charge on any atom is 0.160 e. The Morgan fingerprint density at radius 3 is 1.63 bits per heavy atom. The molecular weight excluding hydrogens is 657 g/mol. The Morgan fingerprint density at radius 2 is 0.889 bits per heavy atom. The number of para-hydroxylation sites is 3. The van der Waals surface area contributed by atoms with E-state index in [2.05, 4.69) is 179 Å². The van der Waals surface area contributed by atoms with Crippen molar-refractivity contribution >= 4 is 54.4 Å². The lowest BCUT2D eigenvalue weighted by Gasteiger charge is -2.16. The number of rotatable bonds is 5. The molecule has 0 saturated carbocycles. The van der Waals surface area contributed by atoms with Crippen molar-refractivity contribution in [1.29, 1.82) is 0 Å². The van der Waals surface area contributed by atoms with Crippen LogP contribution in [-0.2, 0) is 0 Å². The van der Waals surface area contributed by atoms with E-state index >= 15 is 0 Å². The van der Waals surface area contributed by atoms with Crippen molar-refractivity contribution in [2.24, 2.45) is 0 Å². The maximum absolute atomic E-state index is 5.40. The van der Waals surface area contributed by atoms with Crippen LogP contribution in [0.2, 0.25) is 0 Å². The van der Waals surface area contributed by atoms with E-state index in [4.69, 9.17) is 9.97 Å². The Balaban J connectivity index is 1.27. The molecule has 3 heterocycles. The van der Waals surface area contributed by atoms with Crippen LogP contribution in [0, 0.1) is 0 Å². The molecule has 0 aliphatic heterocycles. The van der Waals surface area contributed by atoms with E-state index in [1.165, 1.54) is 38.0 Å². The van der Waals surface area contributed by atoms with E-state index in [1.54, 1.807) is 0 Å². The van der Waals surface area contributed by atoms with E-state index in [-0.39, 0.29) is 0 Å². The van der Waals surface area contributed by atoms with Gasteiger partial charge in [-0.15, -0.1) is 0 Å². The molecule has 0 aliphatic carbocycles. The minimum absolute atomic E-state index is 0.700. The van der Waals surface area contributed by atoms with Crippen molar-refractivity contribution in [2.75, 3.05) is 0 Å². The van der Waals surface area contributed by atoms with Gasteiger partial charge in [0.2, 0.25) is 0 Å². The Morgan fingerprint density at radius 1 is 0.333 bits per heavy atom. The predicted octanol–water partition coefficient (Wildman–Crippen LogP) is 12.8. The molecule has 11 rings (SSSR count). The molecule has 0 fully saturated rings. The molecule has 0 aliphatic rings. The molecule has 11 aromatic rings. The largest absolute Gasteiger partial charge is 0.309 e. The van der Waals surface area contributed by atoms with E-state index in [0.717, 1.165) is 55.9 Å². The highest BCUT2D eigenvalue weighted by atomic mass is 15.0. The average molecular weight is 689 g/mol. The minimum Gasteiger partial charge on any atom is -0.309 e. The van der Waals surface area contributed by atoms with Crippen molar-refractivity contribution in [2.45, 2.75) is 0 Å². The number of fused-ring (bicyclic) bond motifs is 7. The van der Waals surface area contributed by atoms with Crippen LogP contribution in [-0.4, -0.2) is 19.1 Å². The Kier molecular flexibility index (Phi) is 6.82. The molecular formula is C50H32N4. The summed E-state index contributed by atoms with van der Waals surface area (Å²) in [5, 5.41) is 7.14. The van der Waals surface area contributed by atoms with Crippen molar-refractivity contribution < 1.29 is 0 Å². The highest BCUT2D eigenvalue weighted by Gasteiger charge is 2.23. The summed E-state index contributed by atoms with van der Waals surface area (Å²) in [5.41, 5.74) is 11.8. The second-order valence-electron chi connectivity index (χ2n) is 13.8. The summed E-state index contributed by atoms with van der Waals surface area (Å²) in [7, 11) is 0. The first-order valence-corrected chi connectivity index (χ1v) is 18.3. The molecule has 0 spiro atoms. The Labute approximate surface area is 311 Å². The molecule has 0 N–H and O–H groups in total. The van der Waals surface area contributed by atoms with Crippen LogP contribution in [0.5, 0.6) is 0 Å². The molecule has 0 atom stereocenters. The van der Waals surface area contributed by atoms with Crippen LogP contribution in [0.25, 0.3) is 99.7 Å². The average Bonchev–Trinajstić information content (AvgIpc) is 3.76. The molecule has 54 heavy (non-hydrogen) atoms. The molecule has 252 valence electrons. The zero-order valence-corrected chi connectivity index (χ0v) is 29.3. The monoisotopic (exact) mass is 688 g/mol. The molecule has 0 unspecified atom stereocenters. The van der Waals surface area contributed by atoms with Gasteiger partial charge in [-0.2, -0.15) is 0 Å². The van der Waals surface area contributed by atoms with Crippen LogP contribution >= 0.6 is 0 Å². The third-order valence-electron chi connectivity index (χ3n) is 10.7. The first-order valence-electron chi connectivity index (χ1n) is 18.3. The zero-order valence-electron chi connectivity index (χ0n) is 29.3. The molecule has 0 saturated heterocycles. The quantitative estimate of drug-likeness (QED) is 0.180. The lowest BCUT2D eigenvalue weighted by Crippen LogP contribution is -2.00. The number of hydrogen-bond acceptors (Lipinski definition) is 2. The van der Waals surface area contributed by atoms with Gasteiger partial charge in [-0.05, 0) is 65.4 Å². The van der Waals surface area contributed by atoms with Crippen molar-refractivity contribution in [3.05, 3.63) is 194 Å². The second-order valence-corrected chi connectivity index (χ2v) is 13.8. The lowest BCUT2D eigenvalue weighted by atomic mass is 9.96. The molecule has 8 aromatic carbocycles. The van der Waals surface area contributed by atoms with Gasteiger partial charge in [-0.25, -0.2) is 9.97 Å². The first-order chi connectivity index (χ1) is 26.8. The summed E-state index contributed by atoms with van der Waals surface area (Å²) >= 11 is 0. The van der Waals surface area contributed by atoms with Gasteiger partial charge in [-0.1, -0.05) is 140 Å². The van der Waals surface area contributed by atoms with Gasteiger partial charge in [-0.3, -0.25) is 0 Å². The van der Waals surface area contributed by atoms with Gasteiger partial charge < -0.3 is 9.13 Å². The topological polar surface area (TPSA) is 35.6 Å². The number of benzene rings is 8. The number of hydrogen-bond donors (Lipinski definition) is 0. The van der Waals surface area contributed by atoms with Gasteiger partial charge in [0.25, 0.3) is 0 Å². The second kappa shape index (κ2) is 12.1.